The van der Waals surface area contributed by atoms with Crippen LogP contribution in [0.25, 0.3) is 0 Å². The van der Waals surface area contributed by atoms with Crippen LogP contribution in [0.2, 0.25) is 0 Å². The van der Waals surface area contributed by atoms with Crippen molar-refractivity contribution in [3.63, 3.8) is 0 Å². The Labute approximate surface area is 88.3 Å². The lowest BCUT2D eigenvalue weighted by molar-refractivity contribution is 0.589. The van der Waals surface area contributed by atoms with Gasteiger partial charge in [0.25, 0.3) is 0 Å². The molecule has 76 valence electrons. The summed E-state index contributed by atoms with van der Waals surface area (Å²) < 4.78 is 11.4. The minimum atomic E-state index is -1.06. The van der Waals surface area contributed by atoms with Gasteiger partial charge in [0.1, 0.15) is 0 Å². The molecule has 0 aliphatic rings. The predicted octanol–water partition coefficient (Wildman–Crippen LogP) is 3.24. The summed E-state index contributed by atoms with van der Waals surface area (Å²) in [5.41, 5.74) is 1.40. The third-order valence-corrected chi connectivity index (χ3v) is 3.14. The number of rotatable bonds is 2. The Bertz CT molecular complexity index is 344. The van der Waals surface area contributed by atoms with Crippen molar-refractivity contribution in [1.82, 2.24) is 0 Å². The SMILES string of the molecule is C=CS(=O)c1ccc(C(C)(C)C)cc1. The molecule has 1 rings (SSSR count). The van der Waals surface area contributed by atoms with Gasteiger partial charge in [-0.1, -0.05) is 39.5 Å². The maximum absolute atomic E-state index is 11.4. The summed E-state index contributed by atoms with van der Waals surface area (Å²) in [6, 6.07) is 7.85. The molecule has 1 atom stereocenters. The molecule has 1 aromatic rings. The van der Waals surface area contributed by atoms with Crippen LogP contribution in [0.4, 0.5) is 0 Å². The molecule has 0 fully saturated rings. The fraction of sp³-hybridized carbons (Fsp3) is 0.333. The van der Waals surface area contributed by atoms with Gasteiger partial charge in [0.15, 0.2) is 0 Å². The van der Waals surface area contributed by atoms with Crippen molar-refractivity contribution < 1.29 is 4.21 Å². The van der Waals surface area contributed by atoms with Gasteiger partial charge >= 0.3 is 0 Å². The standard InChI is InChI=1S/C12H16OS/c1-5-14(13)11-8-6-10(7-9-11)12(2,3)4/h5-9H,1H2,2-4H3. The maximum atomic E-state index is 11.4. The van der Waals surface area contributed by atoms with Crippen molar-refractivity contribution >= 4 is 10.8 Å². The molecule has 14 heavy (non-hydrogen) atoms. The molecular weight excluding hydrogens is 192 g/mol. The summed E-state index contributed by atoms with van der Waals surface area (Å²) in [6.07, 6.45) is 0. The lowest BCUT2D eigenvalue weighted by atomic mass is 9.87. The van der Waals surface area contributed by atoms with Crippen LogP contribution in [-0.2, 0) is 16.2 Å². The van der Waals surface area contributed by atoms with Crippen LogP contribution < -0.4 is 0 Å². The van der Waals surface area contributed by atoms with E-state index in [1.165, 1.54) is 11.0 Å². The molecule has 0 saturated heterocycles. The van der Waals surface area contributed by atoms with Crippen molar-refractivity contribution in [2.45, 2.75) is 31.1 Å². The van der Waals surface area contributed by atoms with Gasteiger partial charge < -0.3 is 0 Å². The zero-order chi connectivity index (χ0) is 10.8. The minimum absolute atomic E-state index is 0.147. The minimum Gasteiger partial charge on any atom is -0.250 e. The van der Waals surface area contributed by atoms with E-state index in [-0.39, 0.29) is 5.41 Å². The van der Waals surface area contributed by atoms with Gasteiger partial charge in [-0.3, -0.25) is 0 Å². The molecule has 1 nitrogen and oxygen atoms in total. The normalized spacial score (nSPS) is 13.6. The van der Waals surface area contributed by atoms with E-state index in [9.17, 15) is 4.21 Å². The third-order valence-electron chi connectivity index (χ3n) is 2.10. The molecule has 0 aliphatic carbocycles. The van der Waals surface area contributed by atoms with Crippen LogP contribution >= 0.6 is 0 Å². The third kappa shape index (κ3) is 2.55. The monoisotopic (exact) mass is 208 g/mol. The summed E-state index contributed by atoms with van der Waals surface area (Å²) in [5.74, 6) is 0. The smallest absolute Gasteiger partial charge is 0.0769 e. The second kappa shape index (κ2) is 4.09. The first kappa shape index (κ1) is 11.2. The molecule has 0 heterocycles. The summed E-state index contributed by atoms with van der Waals surface area (Å²) in [4.78, 5) is 0.813. The molecule has 2 heteroatoms. The average Bonchev–Trinajstić information content (AvgIpc) is 2.15. The number of hydrogen-bond acceptors (Lipinski definition) is 1. The zero-order valence-corrected chi connectivity index (χ0v) is 9.73. The summed E-state index contributed by atoms with van der Waals surface area (Å²) in [5, 5.41) is 1.45. The topological polar surface area (TPSA) is 17.1 Å². The second-order valence-electron chi connectivity index (χ2n) is 4.24. The summed E-state index contributed by atoms with van der Waals surface area (Å²) in [6.45, 7) is 9.99. The Balaban J connectivity index is 3.00. The van der Waals surface area contributed by atoms with Gasteiger partial charge in [-0.25, -0.2) is 4.21 Å². The lowest BCUT2D eigenvalue weighted by Gasteiger charge is -2.18. The summed E-state index contributed by atoms with van der Waals surface area (Å²) in [7, 11) is -1.06. The van der Waals surface area contributed by atoms with Crippen LogP contribution in [0.15, 0.2) is 41.1 Å². The first-order chi connectivity index (χ1) is 6.45. The fourth-order valence-electron chi connectivity index (χ4n) is 1.19. The molecule has 0 aromatic heterocycles. The van der Waals surface area contributed by atoms with Gasteiger partial charge in [0.2, 0.25) is 0 Å². The van der Waals surface area contributed by atoms with E-state index < -0.39 is 10.8 Å². The lowest BCUT2D eigenvalue weighted by Crippen LogP contribution is -2.10. The van der Waals surface area contributed by atoms with E-state index in [0.29, 0.717) is 0 Å². The Morgan fingerprint density at radius 1 is 1.21 bits per heavy atom. The van der Waals surface area contributed by atoms with E-state index >= 15 is 0 Å². The number of hydrogen-bond donors (Lipinski definition) is 0. The van der Waals surface area contributed by atoms with Crippen molar-refractivity contribution in [3.8, 4) is 0 Å². The molecule has 0 spiro atoms. The largest absolute Gasteiger partial charge is 0.250 e. The number of benzene rings is 1. The van der Waals surface area contributed by atoms with Crippen molar-refractivity contribution in [2.75, 3.05) is 0 Å². The molecule has 0 aliphatic heterocycles. The highest BCUT2D eigenvalue weighted by Gasteiger charge is 2.13. The zero-order valence-electron chi connectivity index (χ0n) is 8.91. The van der Waals surface area contributed by atoms with Crippen LogP contribution in [0.1, 0.15) is 26.3 Å². The highest BCUT2D eigenvalue weighted by atomic mass is 32.2. The van der Waals surface area contributed by atoms with E-state index in [1.807, 2.05) is 24.3 Å². The molecule has 0 amide bonds. The highest BCUT2D eigenvalue weighted by molar-refractivity contribution is 7.88. The predicted molar refractivity (Wildman–Crippen MR) is 61.7 cm³/mol. The van der Waals surface area contributed by atoms with Crippen molar-refractivity contribution in [2.24, 2.45) is 0 Å². The molecule has 1 unspecified atom stereocenters. The van der Waals surface area contributed by atoms with Crippen LogP contribution in [0.3, 0.4) is 0 Å². The van der Waals surface area contributed by atoms with Gasteiger partial charge in [-0.15, -0.1) is 0 Å². The Kier molecular flexibility index (Phi) is 3.27. The van der Waals surface area contributed by atoms with Crippen LogP contribution in [-0.4, -0.2) is 4.21 Å². The van der Waals surface area contributed by atoms with Crippen molar-refractivity contribution in [1.29, 1.82) is 0 Å². The maximum Gasteiger partial charge on any atom is 0.0769 e. The molecular formula is C12H16OS. The van der Waals surface area contributed by atoms with E-state index in [0.717, 1.165) is 4.90 Å². The fourth-order valence-corrected chi connectivity index (χ4v) is 1.78. The summed E-state index contributed by atoms with van der Waals surface area (Å²) >= 11 is 0. The first-order valence-electron chi connectivity index (χ1n) is 4.59. The Morgan fingerprint density at radius 3 is 2.07 bits per heavy atom. The highest BCUT2D eigenvalue weighted by Crippen LogP contribution is 2.22. The molecule has 0 radical (unpaired) electrons. The Hall–Kier alpha value is -0.890. The quantitative estimate of drug-likeness (QED) is 0.729. The second-order valence-corrected chi connectivity index (χ2v) is 5.64. The molecule has 0 N–H and O–H groups in total. The Morgan fingerprint density at radius 2 is 1.71 bits per heavy atom. The van der Waals surface area contributed by atoms with Gasteiger partial charge in [0.05, 0.1) is 10.8 Å². The van der Waals surface area contributed by atoms with E-state index in [2.05, 4.69) is 27.4 Å². The molecule has 0 bridgehead atoms. The first-order valence-corrected chi connectivity index (χ1v) is 5.80. The van der Waals surface area contributed by atoms with Gasteiger partial charge in [-0.2, -0.15) is 0 Å². The van der Waals surface area contributed by atoms with Gasteiger partial charge in [0, 0.05) is 10.3 Å². The van der Waals surface area contributed by atoms with E-state index in [4.69, 9.17) is 0 Å². The van der Waals surface area contributed by atoms with Crippen molar-refractivity contribution in [3.05, 3.63) is 41.8 Å². The van der Waals surface area contributed by atoms with Gasteiger partial charge in [-0.05, 0) is 23.1 Å². The van der Waals surface area contributed by atoms with Crippen LogP contribution in [0, 0.1) is 0 Å². The molecule has 1 aromatic carbocycles. The van der Waals surface area contributed by atoms with E-state index in [1.54, 1.807) is 0 Å². The average molecular weight is 208 g/mol. The van der Waals surface area contributed by atoms with Crippen LogP contribution in [0.5, 0.6) is 0 Å². The molecule has 0 saturated carbocycles.